The smallest absolute Gasteiger partial charge is 0.351 e. The molecule has 1 saturated heterocycles. The summed E-state index contributed by atoms with van der Waals surface area (Å²) in [4.78, 5) is 6.94. The van der Waals surface area contributed by atoms with Crippen molar-refractivity contribution >= 4 is 13.4 Å². The second-order valence-corrected chi connectivity index (χ2v) is 7.50. The van der Waals surface area contributed by atoms with Gasteiger partial charge in [0.1, 0.15) is 12.1 Å². The first-order valence-electron chi connectivity index (χ1n) is 8.41. The van der Waals surface area contributed by atoms with Crippen molar-refractivity contribution in [3.63, 3.8) is 0 Å². The zero-order valence-corrected chi connectivity index (χ0v) is 15.0. The van der Waals surface area contributed by atoms with Gasteiger partial charge in [0.25, 0.3) is 0 Å². The normalized spacial score (nSPS) is 16.6. The Hall–Kier alpha value is -1.16. The summed E-state index contributed by atoms with van der Waals surface area (Å²) in [7, 11) is -3.16. The van der Waals surface area contributed by atoms with Crippen LogP contribution in [0.3, 0.4) is 0 Å². The lowest BCUT2D eigenvalue weighted by atomic mass is 10.1. The van der Waals surface area contributed by atoms with E-state index >= 15 is 0 Å². The fourth-order valence-electron chi connectivity index (χ4n) is 2.73. The predicted molar refractivity (Wildman–Crippen MR) is 94.1 cm³/mol. The summed E-state index contributed by atoms with van der Waals surface area (Å²) in [6.07, 6.45) is 3.66. The molecule has 6 heteroatoms. The summed E-state index contributed by atoms with van der Waals surface area (Å²) in [6, 6.07) is 10.1. The molecule has 0 bridgehead atoms. The average molecular weight is 338 g/mol. The van der Waals surface area contributed by atoms with Gasteiger partial charge in [-0.2, -0.15) is 0 Å². The van der Waals surface area contributed by atoms with Gasteiger partial charge in [-0.15, -0.1) is 0 Å². The van der Waals surface area contributed by atoms with Crippen molar-refractivity contribution in [2.75, 3.05) is 32.6 Å². The molecule has 0 spiro atoms. The maximum absolute atomic E-state index is 12.7. The Labute approximate surface area is 139 Å². The van der Waals surface area contributed by atoms with Gasteiger partial charge >= 0.3 is 7.60 Å². The molecule has 1 fully saturated rings. The highest BCUT2D eigenvalue weighted by molar-refractivity contribution is 7.53. The highest BCUT2D eigenvalue weighted by atomic mass is 31.2. The molecule has 5 nitrogen and oxygen atoms in total. The molecule has 0 saturated carbocycles. The molecular weight excluding hydrogens is 311 g/mol. The summed E-state index contributed by atoms with van der Waals surface area (Å²) in [5.74, 6) is 0.893. The number of benzene rings is 1. The first-order chi connectivity index (χ1) is 11.2. The molecule has 1 aliphatic heterocycles. The van der Waals surface area contributed by atoms with Crippen molar-refractivity contribution in [2.45, 2.75) is 33.1 Å². The zero-order chi connectivity index (χ0) is 16.5. The molecule has 0 unspecified atom stereocenters. The van der Waals surface area contributed by atoms with Gasteiger partial charge in [0.2, 0.25) is 0 Å². The molecule has 23 heavy (non-hydrogen) atoms. The number of nitrogens with zero attached hydrogens (tertiary/aromatic N) is 2. The van der Waals surface area contributed by atoms with Crippen molar-refractivity contribution in [3.8, 4) is 0 Å². The van der Waals surface area contributed by atoms with Crippen LogP contribution < -0.4 is 0 Å². The van der Waals surface area contributed by atoms with E-state index in [2.05, 4.69) is 9.89 Å². The van der Waals surface area contributed by atoms with Crippen molar-refractivity contribution < 1.29 is 13.6 Å². The van der Waals surface area contributed by atoms with E-state index in [9.17, 15) is 4.57 Å². The first-order valence-corrected chi connectivity index (χ1v) is 10.1. The van der Waals surface area contributed by atoms with Crippen molar-refractivity contribution in [1.82, 2.24) is 4.90 Å². The molecular formula is C17H27N2O3P. The van der Waals surface area contributed by atoms with Gasteiger partial charge in [-0.25, -0.2) is 0 Å². The predicted octanol–water partition coefficient (Wildman–Crippen LogP) is 4.14. The molecule has 0 aromatic heterocycles. The van der Waals surface area contributed by atoms with Crippen LogP contribution in [0.2, 0.25) is 0 Å². The molecule has 0 radical (unpaired) electrons. The summed E-state index contributed by atoms with van der Waals surface area (Å²) in [5.41, 5.74) is 1.05. The molecule has 1 aromatic carbocycles. The number of rotatable bonds is 7. The fraction of sp³-hybridized carbons (Fsp3) is 0.588. The van der Waals surface area contributed by atoms with E-state index in [-0.39, 0.29) is 6.29 Å². The molecule has 0 amide bonds. The Balaban J connectivity index is 2.23. The van der Waals surface area contributed by atoms with Gasteiger partial charge in [-0.05, 0) is 33.1 Å². The number of piperidine rings is 1. The third-order valence-electron chi connectivity index (χ3n) is 3.73. The van der Waals surface area contributed by atoms with Crippen LogP contribution in [-0.2, 0) is 13.6 Å². The Morgan fingerprint density at radius 3 is 2.26 bits per heavy atom. The maximum Gasteiger partial charge on any atom is 0.351 e. The fourth-order valence-corrected chi connectivity index (χ4v) is 4.06. The third kappa shape index (κ3) is 5.45. The lowest BCUT2D eigenvalue weighted by Crippen LogP contribution is -2.36. The van der Waals surface area contributed by atoms with E-state index in [1.54, 1.807) is 0 Å². The van der Waals surface area contributed by atoms with E-state index < -0.39 is 7.60 Å². The van der Waals surface area contributed by atoms with E-state index in [0.29, 0.717) is 13.2 Å². The Bertz CT molecular complexity index is 532. The van der Waals surface area contributed by atoms with Gasteiger partial charge in [-0.3, -0.25) is 9.56 Å². The highest BCUT2D eigenvalue weighted by Gasteiger charge is 2.24. The number of likely N-dealkylation sites (tertiary alicyclic amines) is 1. The molecule has 0 atom stereocenters. The minimum absolute atomic E-state index is 0.0649. The van der Waals surface area contributed by atoms with E-state index in [4.69, 9.17) is 9.05 Å². The molecule has 128 valence electrons. The minimum atomic E-state index is -3.16. The molecule has 1 aromatic rings. The molecule has 1 heterocycles. The molecule has 1 aliphatic rings. The van der Waals surface area contributed by atoms with Crippen molar-refractivity contribution in [3.05, 3.63) is 35.9 Å². The van der Waals surface area contributed by atoms with Gasteiger partial charge in [0, 0.05) is 18.7 Å². The molecule has 2 rings (SSSR count). The molecule has 0 aliphatic carbocycles. The van der Waals surface area contributed by atoms with Crippen LogP contribution in [0.1, 0.15) is 38.7 Å². The molecule has 0 N–H and O–H groups in total. The Morgan fingerprint density at radius 1 is 1.09 bits per heavy atom. The quantitative estimate of drug-likeness (QED) is 0.426. The van der Waals surface area contributed by atoms with E-state index in [1.165, 1.54) is 19.3 Å². The number of hydrogen-bond acceptors (Lipinski definition) is 4. The topological polar surface area (TPSA) is 51.1 Å². The van der Waals surface area contributed by atoms with Crippen LogP contribution in [0.15, 0.2) is 35.3 Å². The minimum Gasteiger partial charge on any atom is -0.356 e. The summed E-state index contributed by atoms with van der Waals surface area (Å²) in [5, 5.41) is 0. The van der Waals surface area contributed by atoms with Gasteiger partial charge in [-0.1, -0.05) is 30.3 Å². The standard InChI is InChI=1S/C17H27N2O3P/c1-3-21-23(20,22-4-2)15-18-17(16-11-7-5-8-12-16)19-13-9-6-10-14-19/h5,7-8,11-12H,3-4,6,9-10,13-15H2,1-2H3/b18-17+. The van der Waals surface area contributed by atoms with Gasteiger partial charge in [0.05, 0.1) is 13.2 Å². The van der Waals surface area contributed by atoms with Crippen LogP contribution in [0.25, 0.3) is 0 Å². The van der Waals surface area contributed by atoms with Crippen LogP contribution in [0, 0.1) is 0 Å². The van der Waals surface area contributed by atoms with Gasteiger partial charge < -0.3 is 13.9 Å². The van der Waals surface area contributed by atoms with Crippen LogP contribution in [0.4, 0.5) is 0 Å². The van der Waals surface area contributed by atoms with Crippen molar-refractivity contribution in [2.24, 2.45) is 4.99 Å². The lowest BCUT2D eigenvalue weighted by molar-refractivity contribution is 0.220. The summed E-state index contributed by atoms with van der Waals surface area (Å²) < 4.78 is 23.4. The Kier molecular flexibility index (Phi) is 7.28. The van der Waals surface area contributed by atoms with Crippen LogP contribution in [-0.4, -0.2) is 43.3 Å². The summed E-state index contributed by atoms with van der Waals surface area (Å²) >= 11 is 0. The van der Waals surface area contributed by atoms with E-state index in [1.807, 2.05) is 44.2 Å². The first kappa shape index (κ1) is 18.2. The SMILES string of the molecule is CCOP(=O)(C/N=C(\c1ccccc1)N1CCCCC1)OCC. The second kappa shape index (κ2) is 9.21. The van der Waals surface area contributed by atoms with Gasteiger partial charge in [0.15, 0.2) is 0 Å². The van der Waals surface area contributed by atoms with Crippen LogP contribution >= 0.6 is 7.60 Å². The third-order valence-corrected chi connectivity index (χ3v) is 5.52. The highest BCUT2D eigenvalue weighted by Crippen LogP contribution is 2.48. The zero-order valence-electron chi connectivity index (χ0n) is 14.1. The average Bonchev–Trinajstić information content (AvgIpc) is 2.57. The maximum atomic E-state index is 12.7. The second-order valence-electron chi connectivity index (χ2n) is 5.48. The summed E-state index contributed by atoms with van der Waals surface area (Å²) in [6.45, 7) is 6.33. The number of hydrogen-bond donors (Lipinski definition) is 0. The lowest BCUT2D eigenvalue weighted by Gasteiger charge is -2.30. The number of aliphatic imine (C=N–C) groups is 1. The van der Waals surface area contributed by atoms with E-state index in [0.717, 1.165) is 24.5 Å². The Morgan fingerprint density at radius 2 is 1.70 bits per heavy atom. The number of amidine groups is 1. The van der Waals surface area contributed by atoms with Crippen LogP contribution in [0.5, 0.6) is 0 Å². The monoisotopic (exact) mass is 338 g/mol. The van der Waals surface area contributed by atoms with Crippen molar-refractivity contribution in [1.29, 1.82) is 0 Å². The largest absolute Gasteiger partial charge is 0.356 e.